The van der Waals surface area contributed by atoms with Gasteiger partial charge in [-0.25, -0.2) is 4.68 Å². The molecule has 2 rings (SSSR count). The van der Waals surface area contributed by atoms with Crippen molar-refractivity contribution in [2.24, 2.45) is 7.05 Å². The van der Waals surface area contributed by atoms with Gasteiger partial charge in [-0.3, -0.25) is 4.79 Å². The van der Waals surface area contributed by atoms with Gasteiger partial charge in [-0.15, -0.1) is 0 Å². The third-order valence-corrected chi connectivity index (χ3v) is 4.47. The molecule has 7 heteroatoms. The topological polar surface area (TPSA) is 56.6 Å². The third-order valence-electron chi connectivity index (χ3n) is 3.72. The molecule has 0 N–H and O–H groups in total. The van der Waals surface area contributed by atoms with Gasteiger partial charge in [-0.1, -0.05) is 0 Å². The summed E-state index contributed by atoms with van der Waals surface area (Å²) < 4.78 is 12.5. The molecule has 124 valence electrons. The number of aryl methyl sites for hydroxylation is 2. The Labute approximate surface area is 143 Å². The van der Waals surface area contributed by atoms with Gasteiger partial charge in [-0.2, -0.15) is 5.10 Å². The molecule has 0 aliphatic carbocycles. The van der Waals surface area contributed by atoms with Gasteiger partial charge in [0.1, 0.15) is 4.47 Å². The first-order valence-corrected chi connectivity index (χ1v) is 7.82. The molecule has 0 atom stereocenters. The first-order chi connectivity index (χ1) is 10.9. The smallest absolute Gasteiger partial charge is 0.282 e. The van der Waals surface area contributed by atoms with E-state index in [-0.39, 0.29) is 5.56 Å². The predicted octanol–water partition coefficient (Wildman–Crippen LogP) is 2.50. The molecule has 1 heterocycles. The second kappa shape index (κ2) is 7.04. The second-order valence-electron chi connectivity index (χ2n) is 5.26. The Balaban J connectivity index is 2.36. The lowest BCUT2D eigenvalue weighted by atomic mass is 10.1. The van der Waals surface area contributed by atoms with Crippen molar-refractivity contribution < 1.29 is 9.47 Å². The summed E-state index contributed by atoms with van der Waals surface area (Å²) >= 11 is 3.35. The summed E-state index contributed by atoms with van der Waals surface area (Å²) in [7, 11) is 6.76. The van der Waals surface area contributed by atoms with Gasteiger partial charge in [0, 0.05) is 20.6 Å². The molecule has 0 bridgehead atoms. The third kappa shape index (κ3) is 3.50. The van der Waals surface area contributed by atoms with Gasteiger partial charge in [0.05, 0.1) is 26.1 Å². The number of halogens is 1. The molecule has 0 saturated carbocycles. The van der Waals surface area contributed by atoms with Crippen LogP contribution in [0.4, 0.5) is 5.69 Å². The summed E-state index contributed by atoms with van der Waals surface area (Å²) in [6.45, 7) is 2.63. The molecule has 0 spiro atoms. The van der Waals surface area contributed by atoms with E-state index in [0.717, 1.165) is 16.8 Å². The Morgan fingerprint density at radius 2 is 1.87 bits per heavy atom. The molecule has 0 aliphatic heterocycles. The standard InChI is InChI=1S/C16H20BrN3O3/c1-10-6-13(22-4)14(23-5)7-11(10)9-19(2)12-8-18-20(3)16(21)15(12)17/h6-8H,9H2,1-5H3. The maximum absolute atomic E-state index is 12.0. The average molecular weight is 382 g/mol. The van der Waals surface area contributed by atoms with Crippen molar-refractivity contribution >= 4 is 21.6 Å². The Morgan fingerprint density at radius 1 is 1.26 bits per heavy atom. The van der Waals surface area contributed by atoms with Crippen LogP contribution in [0.2, 0.25) is 0 Å². The van der Waals surface area contributed by atoms with Crippen LogP contribution in [0.3, 0.4) is 0 Å². The van der Waals surface area contributed by atoms with Crippen LogP contribution in [-0.2, 0) is 13.6 Å². The molecule has 0 unspecified atom stereocenters. The van der Waals surface area contributed by atoms with E-state index in [9.17, 15) is 4.79 Å². The van der Waals surface area contributed by atoms with Crippen LogP contribution in [0.25, 0.3) is 0 Å². The molecular formula is C16H20BrN3O3. The zero-order chi connectivity index (χ0) is 17.1. The molecule has 1 aromatic heterocycles. The van der Waals surface area contributed by atoms with Crippen LogP contribution in [-0.4, -0.2) is 31.0 Å². The fourth-order valence-corrected chi connectivity index (χ4v) is 2.96. The van der Waals surface area contributed by atoms with Crippen molar-refractivity contribution in [3.05, 3.63) is 44.3 Å². The molecule has 0 aliphatic rings. The highest BCUT2D eigenvalue weighted by atomic mass is 79.9. The lowest BCUT2D eigenvalue weighted by Gasteiger charge is -2.22. The fourth-order valence-electron chi connectivity index (χ4n) is 2.30. The summed E-state index contributed by atoms with van der Waals surface area (Å²) in [5.74, 6) is 1.38. The first kappa shape index (κ1) is 17.3. The number of rotatable bonds is 5. The van der Waals surface area contributed by atoms with Gasteiger partial charge in [0.25, 0.3) is 5.56 Å². The van der Waals surface area contributed by atoms with Crippen LogP contribution in [0, 0.1) is 6.92 Å². The Hall–Kier alpha value is -2.02. The molecule has 2 aromatic rings. The van der Waals surface area contributed by atoms with E-state index in [1.165, 1.54) is 4.68 Å². The molecule has 1 aromatic carbocycles. The van der Waals surface area contributed by atoms with Gasteiger partial charge in [0.15, 0.2) is 11.5 Å². The number of nitrogens with zero attached hydrogens (tertiary/aromatic N) is 3. The highest BCUT2D eigenvalue weighted by molar-refractivity contribution is 9.10. The van der Waals surface area contributed by atoms with Crippen molar-refractivity contribution in [1.29, 1.82) is 0 Å². The Bertz CT molecular complexity index is 774. The van der Waals surface area contributed by atoms with Gasteiger partial charge < -0.3 is 14.4 Å². The zero-order valence-corrected chi connectivity index (χ0v) is 15.5. The summed E-state index contributed by atoms with van der Waals surface area (Å²) in [6, 6.07) is 3.90. The Kier molecular flexibility index (Phi) is 5.30. The van der Waals surface area contributed by atoms with Crippen LogP contribution >= 0.6 is 15.9 Å². The van der Waals surface area contributed by atoms with Crippen LogP contribution in [0.15, 0.2) is 27.6 Å². The highest BCUT2D eigenvalue weighted by Crippen LogP contribution is 2.31. The van der Waals surface area contributed by atoms with Gasteiger partial charge >= 0.3 is 0 Å². The number of aromatic nitrogens is 2. The number of ether oxygens (including phenoxy) is 2. The minimum absolute atomic E-state index is 0.168. The monoisotopic (exact) mass is 381 g/mol. The van der Waals surface area contributed by atoms with Crippen LogP contribution in [0.5, 0.6) is 11.5 Å². The largest absolute Gasteiger partial charge is 0.493 e. The quantitative estimate of drug-likeness (QED) is 0.796. The number of anilines is 1. The van der Waals surface area contributed by atoms with Gasteiger partial charge in [-0.05, 0) is 46.1 Å². The van der Waals surface area contributed by atoms with E-state index in [4.69, 9.17) is 9.47 Å². The Morgan fingerprint density at radius 3 is 2.48 bits per heavy atom. The lowest BCUT2D eigenvalue weighted by molar-refractivity contribution is 0.354. The predicted molar refractivity (Wildman–Crippen MR) is 93.6 cm³/mol. The maximum Gasteiger partial charge on any atom is 0.282 e. The molecule has 0 radical (unpaired) electrons. The van der Waals surface area contributed by atoms with Crippen molar-refractivity contribution in [3.8, 4) is 11.5 Å². The van der Waals surface area contributed by atoms with Crippen molar-refractivity contribution in [1.82, 2.24) is 9.78 Å². The number of methoxy groups -OCH3 is 2. The lowest BCUT2D eigenvalue weighted by Crippen LogP contribution is -2.25. The summed E-state index contributed by atoms with van der Waals surface area (Å²) in [5.41, 5.74) is 2.74. The molecule has 0 amide bonds. The molecule has 0 saturated heterocycles. The van der Waals surface area contributed by atoms with Crippen molar-refractivity contribution in [3.63, 3.8) is 0 Å². The van der Waals surface area contributed by atoms with E-state index in [0.29, 0.717) is 22.5 Å². The SMILES string of the molecule is COc1cc(C)c(CN(C)c2cnn(C)c(=O)c2Br)cc1OC. The fraction of sp³-hybridized carbons (Fsp3) is 0.375. The zero-order valence-electron chi connectivity index (χ0n) is 13.9. The van der Waals surface area contributed by atoms with Crippen molar-refractivity contribution in [2.45, 2.75) is 13.5 Å². The summed E-state index contributed by atoms with van der Waals surface area (Å²) in [5, 5.41) is 4.07. The highest BCUT2D eigenvalue weighted by Gasteiger charge is 2.14. The van der Waals surface area contributed by atoms with E-state index in [2.05, 4.69) is 21.0 Å². The second-order valence-corrected chi connectivity index (χ2v) is 6.06. The van der Waals surface area contributed by atoms with E-state index in [1.54, 1.807) is 27.5 Å². The van der Waals surface area contributed by atoms with Crippen molar-refractivity contribution in [2.75, 3.05) is 26.2 Å². The van der Waals surface area contributed by atoms with E-state index in [1.807, 2.05) is 31.0 Å². The molecule has 0 fully saturated rings. The van der Waals surface area contributed by atoms with E-state index < -0.39 is 0 Å². The van der Waals surface area contributed by atoms with Crippen LogP contribution in [0.1, 0.15) is 11.1 Å². The molecule has 6 nitrogen and oxygen atoms in total. The summed E-state index contributed by atoms with van der Waals surface area (Å²) in [6.07, 6.45) is 1.67. The van der Waals surface area contributed by atoms with E-state index >= 15 is 0 Å². The first-order valence-electron chi connectivity index (χ1n) is 7.03. The number of benzene rings is 1. The number of hydrogen-bond donors (Lipinski definition) is 0. The summed E-state index contributed by atoms with van der Waals surface area (Å²) in [4.78, 5) is 14.0. The number of hydrogen-bond acceptors (Lipinski definition) is 5. The molecule has 23 heavy (non-hydrogen) atoms. The molecular weight excluding hydrogens is 362 g/mol. The normalized spacial score (nSPS) is 10.5. The van der Waals surface area contributed by atoms with Gasteiger partial charge in [0.2, 0.25) is 0 Å². The minimum atomic E-state index is -0.168. The minimum Gasteiger partial charge on any atom is -0.493 e. The average Bonchev–Trinajstić information content (AvgIpc) is 2.54. The van der Waals surface area contributed by atoms with Crippen LogP contribution < -0.4 is 19.9 Å². The maximum atomic E-state index is 12.0.